The quantitative estimate of drug-likeness (QED) is 0.691. The minimum Gasteiger partial charge on any atom is -0.492 e. The second-order valence-corrected chi connectivity index (χ2v) is 6.43. The molecule has 2 heterocycles. The predicted molar refractivity (Wildman–Crippen MR) is 76.5 cm³/mol. The van der Waals surface area contributed by atoms with E-state index in [1.54, 1.807) is 0 Å². The largest absolute Gasteiger partial charge is 0.492 e. The highest BCUT2D eigenvalue weighted by molar-refractivity contribution is 5.20. The molecule has 2 heteroatoms. The third-order valence-corrected chi connectivity index (χ3v) is 4.08. The lowest BCUT2D eigenvalue weighted by Gasteiger charge is -2.40. The van der Waals surface area contributed by atoms with Gasteiger partial charge in [-0.3, -0.25) is 0 Å². The predicted octanol–water partition coefficient (Wildman–Crippen LogP) is 3.75. The van der Waals surface area contributed by atoms with Gasteiger partial charge < -0.3 is 9.64 Å². The Hall–Kier alpha value is -0.760. The molecule has 2 nitrogen and oxygen atoms in total. The van der Waals surface area contributed by atoms with Crippen LogP contribution in [0.2, 0.25) is 0 Å². The average Bonchev–Trinajstić information content (AvgIpc) is 2.50. The summed E-state index contributed by atoms with van der Waals surface area (Å²) in [4.78, 5) is 2.57. The van der Waals surface area contributed by atoms with Crippen LogP contribution in [-0.2, 0) is 4.74 Å². The molecule has 0 amide bonds. The molecule has 2 aliphatic rings. The van der Waals surface area contributed by atoms with Gasteiger partial charge in [0.15, 0.2) is 0 Å². The number of nitrogens with zero attached hydrogens (tertiary/aromatic N) is 1. The first-order chi connectivity index (χ1) is 8.48. The smallest absolute Gasteiger partial charge is 0.107 e. The molecule has 1 atom stereocenters. The zero-order valence-electron chi connectivity index (χ0n) is 12.0. The normalized spacial score (nSPS) is 29.8. The molecular weight excluding hydrogens is 222 g/mol. The summed E-state index contributed by atoms with van der Waals surface area (Å²) in [5.41, 5.74) is 1.17. The second-order valence-electron chi connectivity index (χ2n) is 6.43. The molecule has 0 aromatic rings. The van der Waals surface area contributed by atoms with E-state index in [1.807, 2.05) is 0 Å². The van der Waals surface area contributed by atoms with E-state index in [4.69, 9.17) is 4.74 Å². The first kappa shape index (κ1) is 13.7. The van der Waals surface area contributed by atoms with Crippen molar-refractivity contribution in [1.82, 2.24) is 4.90 Å². The fraction of sp³-hybridized carbons (Fsp3) is 0.750. The summed E-state index contributed by atoms with van der Waals surface area (Å²) in [6, 6.07) is 0. The van der Waals surface area contributed by atoms with Crippen molar-refractivity contribution in [2.45, 2.75) is 51.6 Å². The number of hydrogen-bond donors (Lipinski definition) is 0. The molecule has 0 aliphatic carbocycles. The Bertz CT molecular complexity index is 304. The van der Waals surface area contributed by atoms with Crippen molar-refractivity contribution in [1.29, 1.82) is 0 Å². The standard InChI is InChI=1S/C16H27NO/c1-13-11-16(3,4)18-14(2)15(13)12-17-9-7-5-6-8-10-17/h15H,1-2,5-12H2,3-4H3. The molecule has 0 aromatic heterocycles. The van der Waals surface area contributed by atoms with E-state index in [9.17, 15) is 0 Å². The van der Waals surface area contributed by atoms with Crippen molar-refractivity contribution in [3.8, 4) is 0 Å². The molecule has 1 unspecified atom stereocenters. The van der Waals surface area contributed by atoms with Gasteiger partial charge in [0.05, 0.1) is 5.76 Å². The molecule has 2 rings (SSSR count). The summed E-state index contributed by atoms with van der Waals surface area (Å²) in [5, 5.41) is 0. The van der Waals surface area contributed by atoms with E-state index in [0.717, 1.165) is 18.7 Å². The molecule has 0 bridgehead atoms. The maximum absolute atomic E-state index is 5.95. The highest BCUT2D eigenvalue weighted by Crippen LogP contribution is 2.37. The average molecular weight is 249 g/mol. The van der Waals surface area contributed by atoms with E-state index in [-0.39, 0.29) is 5.60 Å². The van der Waals surface area contributed by atoms with Crippen LogP contribution in [0, 0.1) is 5.92 Å². The summed E-state index contributed by atoms with van der Waals surface area (Å²) in [6.45, 7) is 16.1. The van der Waals surface area contributed by atoms with Crippen LogP contribution >= 0.6 is 0 Å². The maximum atomic E-state index is 5.95. The van der Waals surface area contributed by atoms with Crippen molar-refractivity contribution >= 4 is 0 Å². The number of hydrogen-bond acceptors (Lipinski definition) is 2. The molecule has 0 N–H and O–H groups in total. The fourth-order valence-electron chi connectivity index (χ4n) is 3.17. The molecule has 2 fully saturated rings. The minimum absolute atomic E-state index is 0.122. The highest BCUT2D eigenvalue weighted by atomic mass is 16.5. The Labute approximate surface area is 112 Å². The minimum atomic E-state index is -0.122. The Morgan fingerprint density at radius 3 is 2.33 bits per heavy atom. The Balaban J connectivity index is 1.96. The second kappa shape index (κ2) is 5.48. The molecule has 0 aromatic carbocycles. The number of ether oxygens (including phenoxy) is 1. The summed E-state index contributed by atoms with van der Waals surface area (Å²) in [5.74, 6) is 1.25. The van der Waals surface area contributed by atoms with Gasteiger partial charge in [0.1, 0.15) is 5.60 Å². The molecule has 2 saturated heterocycles. The molecule has 2 aliphatic heterocycles. The zero-order chi connectivity index (χ0) is 13.2. The number of likely N-dealkylation sites (tertiary alicyclic amines) is 1. The van der Waals surface area contributed by atoms with Gasteiger partial charge in [0.25, 0.3) is 0 Å². The van der Waals surface area contributed by atoms with Crippen LogP contribution in [0.25, 0.3) is 0 Å². The van der Waals surface area contributed by atoms with E-state index in [1.165, 1.54) is 44.3 Å². The van der Waals surface area contributed by atoms with Crippen molar-refractivity contribution in [3.05, 3.63) is 24.5 Å². The van der Waals surface area contributed by atoms with Gasteiger partial charge in [0, 0.05) is 18.9 Å². The SMILES string of the molecule is C=C1CC(C)(C)OC(=C)C1CN1CCCCCC1. The molecule has 0 spiro atoms. The summed E-state index contributed by atoms with van der Waals surface area (Å²) >= 11 is 0. The van der Waals surface area contributed by atoms with Gasteiger partial charge in [-0.25, -0.2) is 0 Å². The van der Waals surface area contributed by atoms with Crippen molar-refractivity contribution in [2.75, 3.05) is 19.6 Å². The number of rotatable bonds is 2. The first-order valence-electron chi connectivity index (χ1n) is 7.26. The summed E-state index contributed by atoms with van der Waals surface area (Å²) in [7, 11) is 0. The van der Waals surface area contributed by atoms with Gasteiger partial charge in [-0.1, -0.05) is 31.6 Å². The molecule has 102 valence electrons. The van der Waals surface area contributed by atoms with Crippen LogP contribution in [0.4, 0.5) is 0 Å². The van der Waals surface area contributed by atoms with Gasteiger partial charge in [-0.05, 0) is 39.8 Å². The van der Waals surface area contributed by atoms with Gasteiger partial charge >= 0.3 is 0 Å². The molecule has 18 heavy (non-hydrogen) atoms. The molecule has 0 saturated carbocycles. The zero-order valence-corrected chi connectivity index (χ0v) is 12.0. The lowest BCUT2D eigenvalue weighted by Crippen LogP contribution is -2.39. The summed E-state index contributed by atoms with van der Waals surface area (Å²) in [6.07, 6.45) is 6.37. The lowest BCUT2D eigenvalue weighted by atomic mass is 9.85. The van der Waals surface area contributed by atoms with Crippen molar-refractivity contribution < 1.29 is 4.74 Å². The van der Waals surface area contributed by atoms with Crippen molar-refractivity contribution in [2.24, 2.45) is 5.92 Å². The van der Waals surface area contributed by atoms with Crippen LogP contribution in [0.15, 0.2) is 24.5 Å². The first-order valence-corrected chi connectivity index (χ1v) is 7.26. The maximum Gasteiger partial charge on any atom is 0.107 e. The Morgan fingerprint density at radius 2 is 1.78 bits per heavy atom. The molecular formula is C16H27NO. The topological polar surface area (TPSA) is 12.5 Å². The van der Waals surface area contributed by atoms with Crippen molar-refractivity contribution in [3.63, 3.8) is 0 Å². The third kappa shape index (κ3) is 3.38. The third-order valence-electron chi connectivity index (χ3n) is 4.08. The highest BCUT2D eigenvalue weighted by Gasteiger charge is 2.34. The van der Waals surface area contributed by atoms with Crippen LogP contribution < -0.4 is 0 Å². The fourth-order valence-corrected chi connectivity index (χ4v) is 3.17. The monoisotopic (exact) mass is 249 g/mol. The van der Waals surface area contributed by atoms with Crippen LogP contribution in [0.5, 0.6) is 0 Å². The van der Waals surface area contributed by atoms with E-state index < -0.39 is 0 Å². The van der Waals surface area contributed by atoms with Crippen LogP contribution in [-0.4, -0.2) is 30.1 Å². The van der Waals surface area contributed by atoms with E-state index in [2.05, 4.69) is 31.9 Å². The molecule has 0 radical (unpaired) electrons. The Kier molecular flexibility index (Phi) is 4.16. The van der Waals surface area contributed by atoms with Gasteiger partial charge in [-0.15, -0.1) is 0 Å². The summed E-state index contributed by atoms with van der Waals surface area (Å²) < 4.78 is 5.95. The van der Waals surface area contributed by atoms with Gasteiger partial charge in [0.2, 0.25) is 0 Å². The Morgan fingerprint density at radius 1 is 1.17 bits per heavy atom. The van der Waals surface area contributed by atoms with Gasteiger partial charge in [-0.2, -0.15) is 0 Å². The van der Waals surface area contributed by atoms with Crippen LogP contribution in [0.3, 0.4) is 0 Å². The van der Waals surface area contributed by atoms with E-state index in [0.29, 0.717) is 5.92 Å². The van der Waals surface area contributed by atoms with E-state index >= 15 is 0 Å². The lowest BCUT2D eigenvalue weighted by molar-refractivity contribution is -0.00430. The van der Waals surface area contributed by atoms with Crippen LogP contribution in [0.1, 0.15) is 46.0 Å².